The fourth-order valence-electron chi connectivity index (χ4n) is 1.91. The highest BCUT2D eigenvalue weighted by molar-refractivity contribution is 6.02. The van der Waals surface area contributed by atoms with E-state index in [1.54, 1.807) is 25.6 Å². The van der Waals surface area contributed by atoms with Gasteiger partial charge in [0, 0.05) is 25.6 Å². The molecule has 0 saturated carbocycles. The number of aryl methyl sites for hydroxylation is 1. The monoisotopic (exact) mass is 312 g/mol. The lowest BCUT2D eigenvalue weighted by Crippen LogP contribution is -2.11. The summed E-state index contributed by atoms with van der Waals surface area (Å²) in [5, 5.41) is 2.83. The van der Waals surface area contributed by atoms with Crippen LogP contribution in [-0.4, -0.2) is 31.2 Å². The van der Waals surface area contributed by atoms with Gasteiger partial charge >= 0.3 is 0 Å². The maximum Gasteiger partial charge on any atom is 0.248 e. The Morgan fingerprint density at radius 3 is 2.74 bits per heavy atom. The quantitative estimate of drug-likeness (QED) is 0.630. The molecule has 0 atom stereocenters. The minimum atomic E-state index is -0.220. The number of hydrogen-bond acceptors (Lipinski definition) is 4. The Hall–Kier alpha value is -2.66. The molecule has 0 fully saturated rings. The fraction of sp³-hybridized carbons (Fsp3) is 0.222. The van der Waals surface area contributed by atoms with Crippen LogP contribution in [0.1, 0.15) is 11.1 Å². The van der Waals surface area contributed by atoms with E-state index in [4.69, 9.17) is 9.47 Å². The number of rotatable bonds is 7. The lowest BCUT2D eigenvalue weighted by Gasteiger charge is -2.12. The second-order valence-electron chi connectivity index (χ2n) is 4.94. The molecule has 120 valence electrons. The molecule has 2 aromatic rings. The molecule has 1 N–H and O–H groups in total. The molecule has 1 amide bonds. The van der Waals surface area contributed by atoms with Crippen LogP contribution < -0.4 is 10.1 Å². The Labute approximate surface area is 136 Å². The first-order valence-electron chi connectivity index (χ1n) is 7.30. The van der Waals surface area contributed by atoms with Crippen molar-refractivity contribution in [2.24, 2.45) is 0 Å². The zero-order valence-corrected chi connectivity index (χ0v) is 13.3. The Kier molecular flexibility index (Phi) is 6.32. The Balaban J connectivity index is 2.03. The number of nitrogens with zero attached hydrogens (tertiary/aromatic N) is 1. The van der Waals surface area contributed by atoms with E-state index in [0.717, 1.165) is 11.1 Å². The zero-order valence-electron chi connectivity index (χ0n) is 13.3. The second-order valence-corrected chi connectivity index (χ2v) is 4.94. The number of amides is 1. The normalized spacial score (nSPS) is 10.7. The largest absolute Gasteiger partial charge is 0.489 e. The number of ether oxygens (including phenoxy) is 2. The molecule has 0 aliphatic carbocycles. The molecule has 2 rings (SSSR count). The summed E-state index contributed by atoms with van der Waals surface area (Å²) in [5.74, 6) is 0.412. The van der Waals surface area contributed by atoms with Gasteiger partial charge in [-0.2, -0.15) is 0 Å². The number of methoxy groups -OCH3 is 1. The molecule has 5 nitrogen and oxygen atoms in total. The summed E-state index contributed by atoms with van der Waals surface area (Å²) in [6, 6.07) is 9.29. The van der Waals surface area contributed by atoms with Crippen molar-refractivity contribution in [1.82, 2.24) is 4.98 Å². The highest BCUT2D eigenvalue weighted by atomic mass is 16.5. The summed E-state index contributed by atoms with van der Waals surface area (Å²) in [6.45, 7) is 2.89. The van der Waals surface area contributed by atoms with E-state index >= 15 is 0 Å². The summed E-state index contributed by atoms with van der Waals surface area (Å²) in [6.07, 6.45) is 6.57. The highest BCUT2D eigenvalue weighted by Crippen LogP contribution is 2.25. The number of carbonyl (C=O) groups is 1. The summed E-state index contributed by atoms with van der Waals surface area (Å²) in [7, 11) is 1.62. The summed E-state index contributed by atoms with van der Waals surface area (Å²) < 4.78 is 10.6. The molecule has 0 spiro atoms. The second kappa shape index (κ2) is 8.70. The molecule has 23 heavy (non-hydrogen) atoms. The highest BCUT2D eigenvalue weighted by Gasteiger charge is 2.06. The van der Waals surface area contributed by atoms with E-state index in [0.29, 0.717) is 24.7 Å². The van der Waals surface area contributed by atoms with Crippen molar-refractivity contribution in [3.63, 3.8) is 0 Å². The van der Waals surface area contributed by atoms with E-state index in [1.807, 2.05) is 37.3 Å². The molecular weight excluding hydrogens is 292 g/mol. The van der Waals surface area contributed by atoms with E-state index in [1.165, 1.54) is 6.08 Å². The lowest BCUT2D eigenvalue weighted by molar-refractivity contribution is -0.111. The average Bonchev–Trinajstić information content (AvgIpc) is 2.56. The molecule has 5 heteroatoms. The third-order valence-electron chi connectivity index (χ3n) is 3.07. The van der Waals surface area contributed by atoms with Gasteiger partial charge in [0.1, 0.15) is 12.4 Å². The first kappa shape index (κ1) is 16.7. The predicted octanol–water partition coefficient (Wildman–Crippen LogP) is 3.07. The van der Waals surface area contributed by atoms with Crippen LogP contribution in [0.2, 0.25) is 0 Å². The molecule has 1 aromatic carbocycles. The summed E-state index contributed by atoms with van der Waals surface area (Å²) in [5.41, 5.74) is 2.61. The van der Waals surface area contributed by atoms with Gasteiger partial charge in [-0.15, -0.1) is 0 Å². The molecule has 1 heterocycles. The van der Waals surface area contributed by atoms with Gasteiger partial charge in [-0.05, 0) is 48.4 Å². The van der Waals surface area contributed by atoms with Crippen molar-refractivity contribution in [2.75, 3.05) is 25.6 Å². The average molecular weight is 312 g/mol. The Morgan fingerprint density at radius 1 is 1.22 bits per heavy atom. The number of carbonyl (C=O) groups excluding carboxylic acids is 1. The fourth-order valence-corrected chi connectivity index (χ4v) is 1.91. The van der Waals surface area contributed by atoms with Gasteiger partial charge in [-0.1, -0.05) is 6.07 Å². The number of aromatic nitrogens is 1. The van der Waals surface area contributed by atoms with Crippen LogP contribution in [0.4, 0.5) is 5.69 Å². The molecule has 0 unspecified atom stereocenters. The number of benzene rings is 1. The number of pyridine rings is 1. The molecule has 1 aromatic heterocycles. The van der Waals surface area contributed by atoms with Gasteiger partial charge in [0.05, 0.1) is 12.3 Å². The Morgan fingerprint density at radius 2 is 2.00 bits per heavy atom. The van der Waals surface area contributed by atoms with E-state index in [-0.39, 0.29) is 5.91 Å². The van der Waals surface area contributed by atoms with Crippen LogP contribution in [0.25, 0.3) is 6.08 Å². The van der Waals surface area contributed by atoms with Crippen molar-refractivity contribution in [3.05, 3.63) is 59.9 Å². The zero-order chi connectivity index (χ0) is 16.5. The third kappa shape index (κ3) is 5.56. The summed E-state index contributed by atoms with van der Waals surface area (Å²) >= 11 is 0. The summed E-state index contributed by atoms with van der Waals surface area (Å²) in [4.78, 5) is 16.0. The van der Waals surface area contributed by atoms with E-state index in [2.05, 4.69) is 10.3 Å². The predicted molar refractivity (Wildman–Crippen MR) is 90.5 cm³/mol. The van der Waals surface area contributed by atoms with Crippen LogP contribution in [0.3, 0.4) is 0 Å². The third-order valence-corrected chi connectivity index (χ3v) is 3.07. The minimum absolute atomic E-state index is 0.220. The first-order valence-corrected chi connectivity index (χ1v) is 7.30. The SMILES string of the molecule is COCCOc1cc(C)ccc1NC(=O)/C=C/c1ccncc1. The topological polar surface area (TPSA) is 60.5 Å². The number of nitrogens with one attached hydrogen (secondary N) is 1. The van der Waals surface area contributed by atoms with Crippen LogP contribution in [0, 0.1) is 6.92 Å². The van der Waals surface area contributed by atoms with Crippen LogP contribution in [-0.2, 0) is 9.53 Å². The van der Waals surface area contributed by atoms with Gasteiger partial charge in [-0.25, -0.2) is 0 Å². The van der Waals surface area contributed by atoms with Gasteiger partial charge in [-0.3, -0.25) is 9.78 Å². The van der Waals surface area contributed by atoms with Gasteiger partial charge in [0.2, 0.25) is 5.91 Å². The minimum Gasteiger partial charge on any atom is -0.489 e. The molecule has 0 aliphatic rings. The maximum atomic E-state index is 12.1. The Bertz CT molecular complexity index is 669. The van der Waals surface area contributed by atoms with Crippen molar-refractivity contribution >= 4 is 17.7 Å². The molecule has 0 bridgehead atoms. The molecule has 0 saturated heterocycles. The number of anilines is 1. The molecule has 0 radical (unpaired) electrons. The van der Waals surface area contributed by atoms with E-state index < -0.39 is 0 Å². The van der Waals surface area contributed by atoms with E-state index in [9.17, 15) is 4.79 Å². The first-order chi connectivity index (χ1) is 11.2. The van der Waals surface area contributed by atoms with Crippen molar-refractivity contribution in [3.8, 4) is 5.75 Å². The van der Waals surface area contributed by atoms with Gasteiger partial charge < -0.3 is 14.8 Å². The van der Waals surface area contributed by atoms with Crippen molar-refractivity contribution in [1.29, 1.82) is 0 Å². The molecular formula is C18H20N2O3. The van der Waals surface area contributed by atoms with Crippen LogP contribution in [0.5, 0.6) is 5.75 Å². The van der Waals surface area contributed by atoms with Crippen LogP contribution in [0.15, 0.2) is 48.8 Å². The van der Waals surface area contributed by atoms with Gasteiger partial charge in [0.25, 0.3) is 0 Å². The smallest absolute Gasteiger partial charge is 0.248 e. The van der Waals surface area contributed by atoms with Crippen molar-refractivity contribution in [2.45, 2.75) is 6.92 Å². The van der Waals surface area contributed by atoms with Gasteiger partial charge in [0.15, 0.2) is 0 Å². The lowest BCUT2D eigenvalue weighted by atomic mass is 10.2. The maximum absolute atomic E-state index is 12.1. The van der Waals surface area contributed by atoms with Crippen molar-refractivity contribution < 1.29 is 14.3 Å². The number of hydrogen-bond donors (Lipinski definition) is 1. The standard InChI is InChI=1S/C18H20N2O3/c1-14-3-5-16(17(13-14)23-12-11-22-2)20-18(21)6-4-15-7-9-19-10-8-15/h3-10,13H,11-12H2,1-2H3,(H,20,21)/b6-4+. The molecule has 0 aliphatic heterocycles. The van der Waals surface area contributed by atoms with Crippen LogP contribution >= 0.6 is 0 Å².